The van der Waals surface area contributed by atoms with Gasteiger partial charge in [0, 0.05) is 5.41 Å². The Hall–Kier alpha value is -6.33. The van der Waals surface area contributed by atoms with E-state index in [-0.39, 0.29) is 5.41 Å². The van der Waals surface area contributed by atoms with Crippen LogP contribution in [0.25, 0.3) is 32.7 Å². The summed E-state index contributed by atoms with van der Waals surface area (Å²) in [7, 11) is -4.89. The van der Waals surface area contributed by atoms with Gasteiger partial charge in [0.2, 0.25) is 0 Å². The molecule has 2 aliphatic heterocycles. The minimum Gasteiger partial charge on any atom is -0.0654 e. The van der Waals surface area contributed by atoms with Gasteiger partial charge in [-0.05, 0) is 171 Å². The van der Waals surface area contributed by atoms with Gasteiger partial charge in [0.1, 0.15) is 16.1 Å². The lowest BCUT2D eigenvalue weighted by atomic mass is 9.64. The predicted octanol–water partition coefficient (Wildman–Crippen LogP) is 25.1. The van der Waals surface area contributed by atoms with Crippen molar-refractivity contribution in [3.63, 3.8) is 0 Å². The molecule has 2 heteroatoms. The molecule has 0 fully saturated rings. The van der Waals surface area contributed by atoms with Gasteiger partial charge in [0.05, 0.1) is 10.8 Å². The molecule has 0 N–H and O–H groups in total. The Morgan fingerprint density at radius 1 is 0.247 bits per heavy atom. The lowest BCUT2D eigenvalue weighted by molar-refractivity contribution is 0.400. The van der Waals surface area contributed by atoms with Crippen LogP contribution in [0.3, 0.4) is 0 Å². The summed E-state index contributed by atoms with van der Waals surface area (Å²) in [6.45, 7) is 14.5. The van der Waals surface area contributed by atoms with Crippen molar-refractivity contribution in [3.8, 4) is 11.1 Å². The quantitative estimate of drug-likeness (QED) is 0.0279. The highest BCUT2D eigenvalue weighted by Gasteiger charge is 2.62. The van der Waals surface area contributed by atoms with Crippen molar-refractivity contribution in [2.75, 3.05) is 0 Å². The van der Waals surface area contributed by atoms with E-state index in [0.717, 1.165) is 0 Å². The predicted molar refractivity (Wildman–Crippen MR) is 409 cm³/mol. The highest BCUT2D eigenvalue weighted by atomic mass is 28.3. The maximum atomic E-state index is 3.02. The molecule has 0 radical (unpaired) electrons. The molecule has 0 aromatic heterocycles. The SMILES string of the molecule is CCCCCCC1(CCCCCC)c2cc3c(cc2-c2cc4c(cc21)C1=C(c2ccccc2[Si]1(CCCCCC)CCCCCC)C4(c1ccccc1)c1ccccc1)C(c1ccccc1)(c1ccccc1)C1=C3[Si](CCCCCC)(CCCCCC)c2ccccc21. The van der Waals surface area contributed by atoms with Gasteiger partial charge in [-0.15, -0.1) is 0 Å². The number of allylic oxidation sites excluding steroid dienone is 2. The fourth-order valence-electron chi connectivity index (χ4n) is 20.1. The van der Waals surface area contributed by atoms with E-state index in [1.54, 1.807) is 66.0 Å². The zero-order valence-electron chi connectivity index (χ0n) is 58.2. The van der Waals surface area contributed by atoms with Crippen LogP contribution < -0.4 is 10.4 Å². The van der Waals surface area contributed by atoms with Crippen LogP contribution in [0.1, 0.15) is 275 Å². The molecule has 482 valence electrons. The molecular weight excluding hydrogens is 1150 g/mol. The third kappa shape index (κ3) is 11.0. The average Bonchev–Trinajstić information content (AvgIpc) is 1.50. The van der Waals surface area contributed by atoms with Gasteiger partial charge >= 0.3 is 0 Å². The highest BCUT2D eigenvalue weighted by Crippen LogP contribution is 2.70. The van der Waals surface area contributed by atoms with Gasteiger partial charge < -0.3 is 0 Å². The summed E-state index contributed by atoms with van der Waals surface area (Å²) >= 11 is 0. The normalized spacial score (nSPS) is 16.6. The smallest absolute Gasteiger partial charge is 0.0654 e. The molecule has 0 bridgehead atoms. The molecule has 8 aromatic carbocycles. The van der Waals surface area contributed by atoms with Crippen molar-refractivity contribution in [3.05, 3.63) is 261 Å². The average molecular weight is 1260 g/mol. The Morgan fingerprint density at radius 3 is 0.817 bits per heavy atom. The molecule has 8 aromatic rings. The first kappa shape index (κ1) is 65.3. The van der Waals surface area contributed by atoms with E-state index in [9.17, 15) is 0 Å². The van der Waals surface area contributed by atoms with Crippen LogP contribution in [0.2, 0.25) is 24.2 Å². The summed E-state index contributed by atoms with van der Waals surface area (Å²) in [5.74, 6) is 0. The van der Waals surface area contributed by atoms with Gasteiger partial charge in [0.25, 0.3) is 0 Å². The molecule has 0 spiro atoms. The summed E-state index contributed by atoms with van der Waals surface area (Å²) < 4.78 is 0. The first-order chi connectivity index (χ1) is 45.9. The molecule has 0 amide bonds. The Kier molecular flexibility index (Phi) is 20.3. The number of fused-ring (bicyclic) bond motifs is 11. The Balaban J connectivity index is 1.17. The van der Waals surface area contributed by atoms with Crippen LogP contribution in [0, 0.1) is 0 Å². The Labute approximate surface area is 565 Å². The molecule has 0 unspecified atom stereocenters. The maximum Gasteiger partial charge on any atom is 0.120 e. The van der Waals surface area contributed by atoms with Crippen molar-refractivity contribution in [1.29, 1.82) is 0 Å². The van der Waals surface area contributed by atoms with Crippen molar-refractivity contribution >= 4 is 48.1 Å². The van der Waals surface area contributed by atoms with Crippen LogP contribution >= 0.6 is 0 Å². The summed E-state index contributed by atoms with van der Waals surface area (Å²) in [4.78, 5) is 0. The molecule has 2 heterocycles. The summed E-state index contributed by atoms with van der Waals surface area (Å²) in [5.41, 5.74) is 23.7. The van der Waals surface area contributed by atoms with E-state index in [2.05, 4.69) is 236 Å². The van der Waals surface area contributed by atoms with Crippen molar-refractivity contribution in [2.45, 2.75) is 249 Å². The van der Waals surface area contributed by atoms with Crippen molar-refractivity contribution in [1.82, 2.24) is 0 Å². The molecular formula is C91H110Si2. The zero-order valence-corrected chi connectivity index (χ0v) is 60.2. The van der Waals surface area contributed by atoms with Crippen LogP contribution in [0.15, 0.2) is 194 Å². The van der Waals surface area contributed by atoms with E-state index in [4.69, 9.17) is 0 Å². The van der Waals surface area contributed by atoms with E-state index >= 15 is 0 Å². The van der Waals surface area contributed by atoms with Crippen LogP contribution in [0.4, 0.5) is 0 Å². The Bertz CT molecular complexity index is 3540. The molecule has 93 heavy (non-hydrogen) atoms. The largest absolute Gasteiger partial charge is 0.120 e. The summed E-state index contributed by atoms with van der Waals surface area (Å²) in [6, 6.07) is 85.6. The summed E-state index contributed by atoms with van der Waals surface area (Å²) in [6.07, 6.45) is 33.5. The van der Waals surface area contributed by atoms with E-state index in [1.807, 2.05) is 10.4 Å². The maximum absolute atomic E-state index is 3.02. The van der Waals surface area contributed by atoms with Crippen LogP contribution in [-0.2, 0) is 16.2 Å². The number of hydrogen-bond donors (Lipinski definition) is 0. The van der Waals surface area contributed by atoms with E-state index in [1.165, 1.54) is 224 Å². The minimum atomic E-state index is -2.45. The second kappa shape index (κ2) is 28.9. The standard InChI is InChI=1S/C91H110Si2/c1-7-13-19-41-59-89(60-42-20-14-8-2)79-67-77-81(90(69-47-29-25-30-48-69,70-49-31-26-32-50-70)85-73-55-37-39-57-83(73)92(87(77)85,61-43-21-15-9-3)62-44-22-16-10-4)65-75(79)76-66-82-78(68-80(76)89)88-86(91(82,71-51-33-27-34-52-71)72-53-35-28-36-54-72)74-56-38-40-58-84(74)93(88,63-45-23-17-11-5)64-46-24-18-12-6/h25-40,47-58,65-68H,7-24,41-46,59-64H2,1-6H3. The molecule has 0 saturated heterocycles. The first-order valence-corrected chi connectivity index (χ1v) is 43.0. The molecule has 0 nitrogen and oxygen atoms in total. The van der Waals surface area contributed by atoms with Crippen molar-refractivity contribution in [2.24, 2.45) is 0 Å². The third-order valence-corrected chi connectivity index (χ3v) is 34.9. The van der Waals surface area contributed by atoms with Crippen LogP contribution in [0.5, 0.6) is 0 Å². The third-order valence-electron chi connectivity index (χ3n) is 24.2. The van der Waals surface area contributed by atoms with Crippen molar-refractivity contribution < 1.29 is 0 Å². The van der Waals surface area contributed by atoms with Gasteiger partial charge in [-0.25, -0.2) is 0 Å². The minimum absolute atomic E-state index is 0.136. The second-order valence-corrected chi connectivity index (χ2v) is 38.0. The Morgan fingerprint density at radius 2 is 0.516 bits per heavy atom. The van der Waals surface area contributed by atoms with Gasteiger partial charge in [-0.1, -0.05) is 366 Å². The van der Waals surface area contributed by atoms with Gasteiger partial charge in [-0.3, -0.25) is 0 Å². The zero-order chi connectivity index (χ0) is 63.9. The fourth-order valence-corrected chi connectivity index (χ4v) is 31.9. The van der Waals surface area contributed by atoms with Crippen LogP contribution in [-0.4, -0.2) is 16.1 Å². The van der Waals surface area contributed by atoms with E-state index < -0.39 is 27.0 Å². The molecule has 0 atom stereocenters. The van der Waals surface area contributed by atoms with Gasteiger partial charge in [0.15, 0.2) is 0 Å². The first-order valence-electron chi connectivity index (χ1n) is 38.2. The number of unbranched alkanes of at least 4 members (excludes halogenated alkanes) is 18. The lowest BCUT2D eigenvalue weighted by Crippen LogP contribution is -2.47. The molecule has 13 rings (SSSR count). The monoisotopic (exact) mass is 1260 g/mol. The van der Waals surface area contributed by atoms with Gasteiger partial charge in [-0.2, -0.15) is 0 Å². The second-order valence-electron chi connectivity index (χ2n) is 29.6. The molecule has 0 saturated carbocycles. The summed E-state index contributed by atoms with van der Waals surface area (Å²) in [5, 5.41) is 7.12. The van der Waals surface area contributed by atoms with E-state index in [0.29, 0.717) is 0 Å². The number of hydrogen-bond acceptors (Lipinski definition) is 0. The molecule has 3 aliphatic carbocycles. The molecule has 5 aliphatic rings. The number of benzene rings is 8. The highest BCUT2D eigenvalue weighted by molar-refractivity contribution is 7.10. The topological polar surface area (TPSA) is 0 Å². The fraction of sp³-hybridized carbons (Fsp3) is 0.429. The number of rotatable bonds is 34. The lowest BCUT2D eigenvalue weighted by Gasteiger charge is -2.38.